The first-order valence-corrected chi connectivity index (χ1v) is 8.29. The van der Waals surface area contributed by atoms with Gasteiger partial charge in [-0.2, -0.15) is 0 Å². The Bertz CT molecular complexity index is 639. The molecule has 2 rings (SSSR count). The van der Waals surface area contributed by atoms with E-state index in [0.29, 0.717) is 18.5 Å². The van der Waals surface area contributed by atoms with Gasteiger partial charge in [-0.1, -0.05) is 35.9 Å². The number of esters is 1. The summed E-state index contributed by atoms with van der Waals surface area (Å²) in [6.45, 7) is 4.81. The highest BCUT2D eigenvalue weighted by Gasteiger charge is 2.28. The molecule has 24 heavy (non-hydrogen) atoms. The van der Waals surface area contributed by atoms with E-state index in [1.807, 2.05) is 23.1 Å². The summed E-state index contributed by atoms with van der Waals surface area (Å²) in [7, 11) is 1.37. The van der Waals surface area contributed by atoms with Gasteiger partial charge in [0.15, 0.2) is 0 Å². The Morgan fingerprint density at radius 2 is 2.00 bits per heavy atom. The van der Waals surface area contributed by atoms with Crippen LogP contribution in [0.5, 0.6) is 0 Å². The van der Waals surface area contributed by atoms with E-state index in [1.165, 1.54) is 12.7 Å². The Kier molecular flexibility index (Phi) is 6.36. The molecule has 0 spiro atoms. The minimum atomic E-state index is -0.333. The van der Waals surface area contributed by atoms with E-state index in [0.717, 1.165) is 18.4 Å². The smallest absolute Gasteiger partial charge is 0.337 e. The summed E-state index contributed by atoms with van der Waals surface area (Å²) in [6, 6.07) is 7.54. The molecule has 1 aliphatic heterocycles. The summed E-state index contributed by atoms with van der Waals surface area (Å²) in [5, 5.41) is 0. The second-order valence-electron chi connectivity index (χ2n) is 6.26. The van der Waals surface area contributed by atoms with E-state index in [-0.39, 0.29) is 17.9 Å². The molecule has 1 aromatic rings. The molecule has 4 heteroatoms. The summed E-state index contributed by atoms with van der Waals surface area (Å²) >= 11 is 0. The fourth-order valence-electron chi connectivity index (χ4n) is 2.80. The average Bonchev–Trinajstić information content (AvgIpc) is 2.92. The number of hydrogen-bond donors (Lipinski definition) is 0. The van der Waals surface area contributed by atoms with Gasteiger partial charge in [-0.3, -0.25) is 4.79 Å². The number of amides is 1. The van der Waals surface area contributed by atoms with Gasteiger partial charge < -0.3 is 9.64 Å². The number of nitrogens with zero attached hydrogens (tertiary/aromatic N) is 1. The fourth-order valence-corrected chi connectivity index (χ4v) is 2.80. The molecule has 0 radical (unpaired) electrons. The predicted octanol–water partition coefficient (Wildman–Crippen LogP) is 3.53. The van der Waals surface area contributed by atoms with Crippen LogP contribution in [-0.2, 0) is 16.0 Å². The quantitative estimate of drug-likeness (QED) is 0.593. The molecule has 1 fully saturated rings. The molecule has 1 atom stereocenters. The number of carbonyl (C=O) groups excluding carboxylic acids is 2. The maximum absolute atomic E-state index is 12.1. The standard InChI is InChI=1S/C20H25NO3/c1-15(2)5-4-6-18-11-12-19(22)21(18)14-13-16-7-9-17(10-8-16)20(23)24-3/h4-10,18H,11-14H2,1-3H3/b6-4+/t18-/m0/s1. The van der Waals surface area contributed by atoms with Crippen molar-refractivity contribution in [1.29, 1.82) is 0 Å². The molecule has 1 aromatic carbocycles. The zero-order chi connectivity index (χ0) is 17.5. The molecule has 0 N–H and O–H groups in total. The second kappa shape index (κ2) is 8.48. The third-order valence-corrected chi connectivity index (χ3v) is 4.15. The van der Waals surface area contributed by atoms with Gasteiger partial charge in [0.2, 0.25) is 5.91 Å². The van der Waals surface area contributed by atoms with Crippen LogP contribution in [0.1, 0.15) is 42.6 Å². The maximum atomic E-state index is 12.1. The van der Waals surface area contributed by atoms with Crippen LogP contribution in [0, 0.1) is 0 Å². The summed E-state index contributed by atoms with van der Waals surface area (Å²) < 4.78 is 4.70. The molecule has 4 nitrogen and oxygen atoms in total. The minimum Gasteiger partial charge on any atom is -0.465 e. The minimum absolute atomic E-state index is 0.183. The Hall–Kier alpha value is -2.36. The number of likely N-dealkylation sites (tertiary alicyclic amines) is 1. The Morgan fingerprint density at radius 1 is 1.29 bits per heavy atom. The second-order valence-corrected chi connectivity index (χ2v) is 6.26. The maximum Gasteiger partial charge on any atom is 0.337 e. The molecule has 1 amide bonds. The highest BCUT2D eigenvalue weighted by molar-refractivity contribution is 5.89. The van der Waals surface area contributed by atoms with Crippen molar-refractivity contribution >= 4 is 11.9 Å². The van der Waals surface area contributed by atoms with E-state index in [4.69, 9.17) is 4.74 Å². The highest BCUT2D eigenvalue weighted by atomic mass is 16.5. The Labute approximate surface area is 143 Å². The molecular weight excluding hydrogens is 302 g/mol. The van der Waals surface area contributed by atoms with Gasteiger partial charge in [-0.05, 0) is 44.4 Å². The lowest BCUT2D eigenvalue weighted by atomic mass is 10.1. The van der Waals surface area contributed by atoms with Crippen molar-refractivity contribution in [2.75, 3.05) is 13.7 Å². The summed E-state index contributed by atoms with van der Waals surface area (Å²) in [5.74, 6) is -0.117. The number of ether oxygens (including phenoxy) is 1. The molecule has 0 aromatic heterocycles. The van der Waals surface area contributed by atoms with Gasteiger partial charge in [0.1, 0.15) is 0 Å². The van der Waals surface area contributed by atoms with Crippen LogP contribution in [0.15, 0.2) is 48.1 Å². The van der Waals surface area contributed by atoms with E-state index < -0.39 is 0 Å². The summed E-state index contributed by atoms with van der Waals surface area (Å²) in [4.78, 5) is 25.5. The van der Waals surface area contributed by atoms with Crippen molar-refractivity contribution in [3.63, 3.8) is 0 Å². The lowest BCUT2D eigenvalue weighted by molar-refractivity contribution is -0.128. The normalized spacial score (nSPS) is 17.4. The fraction of sp³-hybridized carbons (Fsp3) is 0.400. The first-order valence-electron chi connectivity index (χ1n) is 8.29. The first kappa shape index (κ1) is 18.0. The van der Waals surface area contributed by atoms with Crippen molar-refractivity contribution in [2.45, 2.75) is 39.2 Å². The van der Waals surface area contributed by atoms with Crippen LogP contribution in [0.2, 0.25) is 0 Å². The van der Waals surface area contributed by atoms with Gasteiger partial charge in [-0.25, -0.2) is 4.79 Å². The van der Waals surface area contributed by atoms with Crippen LogP contribution >= 0.6 is 0 Å². The van der Waals surface area contributed by atoms with Crippen molar-refractivity contribution < 1.29 is 14.3 Å². The number of hydrogen-bond acceptors (Lipinski definition) is 3. The van der Waals surface area contributed by atoms with Crippen molar-refractivity contribution in [3.05, 3.63) is 59.2 Å². The Balaban J connectivity index is 1.96. The average molecular weight is 327 g/mol. The van der Waals surface area contributed by atoms with E-state index in [2.05, 4.69) is 26.0 Å². The number of carbonyl (C=O) groups is 2. The molecule has 1 saturated heterocycles. The molecule has 1 aliphatic rings. The van der Waals surface area contributed by atoms with E-state index >= 15 is 0 Å². The van der Waals surface area contributed by atoms with Crippen LogP contribution in [-0.4, -0.2) is 36.5 Å². The number of methoxy groups -OCH3 is 1. The van der Waals surface area contributed by atoms with Gasteiger partial charge in [-0.15, -0.1) is 0 Å². The third-order valence-electron chi connectivity index (χ3n) is 4.15. The zero-order valence-corrected chi connectivity index (χ0v) is 14.6. The van der Waals surface area contributed by atoms with Gasteiger partial charge in [0.05, 0.1) is 18.7 Å². The van der Waals surface area contributed by atoms with Crippen molar-refractivity contribution in [2.24, 2.45) is 0 Å². The lowest BCUT2D eigenvalue weighted by Crippen LogP contribution is -2.33. The van der Waals surface area contributed by atoms with Gasteiger partial charge in [0, 0.05) is 13.0 Å². The summed E-state index contributed by atoms with van der Waals surface area (Å²) in [5.41, 5.74) is 2.89. The van der Waals surface area contributed by atoms with Gasteiger partial charge in [0.25, 0.3) is 0 Å². The number of rotatable bonds is 6. The van der Waals surface area contributed by atoms with Crippen LogP contribution in [0.3, 0.4) is 0 Å². The molecule has 0 aliphatic carbocycles. The largest absolute Gasteiger partial charge is 0.465 e. The van der Waals surface area contributed by atoms with Crippen molar-refractivity contribution in [1.82, 2.24) is 4.90 Å². The first-order chi connectivity index (χ1) is 11.5. The van der Waals surface area contributed by atoms with Crippen LogP contribution < -0.4 is 0 Å². The molecule has 0 unspecified atom stereocenters. The van der Waals surface area contributed by atoms with Crippen molar-refractivity contribution in [3.8, 4) is 0 Å². The number of allylic oxidation sites excluding steroid dienone is 3. The van der Waals surface area contributed by atoms with Crippen LogP contribution in [0.25, 0.3) is 0 Å². The van der Waals surface area contributed by atoms with E-state index in [9.17, 15) is 9.59 Å². The lowest BCUT2D eigenvalue weighted by Gasteiger charge is -2.22. The molecule has 0 saturated carbocycles. The van der Waals surface area contributed by atoms with E-state index in [1.54, 1.807) is 12.1 Å². The van der Waals surface area contributed by atoms with Gasteiger partial charge >= 0.3 is 5.97 Å². The molecule has 0 bridgehead atoms. The number of benzene rings is 1. The predicted molar refractivity (Wildman–Crippen MR) is 94.8 cm³/mol. The van der Waals surface area contributed by atoms with Crippen LogP contribution in [0.4, 0.5) is 0 Å². The molecule has 1 heterocycles. The third kappa shape index (κ3) is 4.82. The SMILES string of the molecule is COC(=O)c1ccc(CCN2C(=O)CC[C@@H]2/C=C/C=C(C)C)cc1. The Morgan fingerprint density at radius 3 is 2.62 bits per heavy atom. The molecule has 128 valence electrons. The monoisotopic (exact) mass is 327 g/mol. The molecular formula is C20H25NO3. The zero-order valence-electron chi connectivity index (χ0n) is 14.6. The topological polar surface area (TPSA) is 46.6 Å². The highest BCUT2D eigenvalue weighted by Crippen LogP contribution is 2.20. The summed E-state index contributed by atoms with van der Waals surface area (Å²) in [6.07, 6.45) is 8.49.